The Kier molecular flexibility index (Phi) is 7.50. The van der Waals surface area contributed by atoms with Crippen LogP contribution in [0.15, 0.2) is 84.7 Å². The predicted molar refractivity (Wildman–Crippen MR) is 126 cm³/mol. The number of aliphatic carboxylic acids is 1. The molecule has 6 heteroatoms. The Morgan fingerprint density at radius 3 is 2.58 bits per heavy atom. The van der Waals surface area contributed by atoms with Gasteiger partial charge in [0.2, 0.25) is 0 Å². The summed E-state index contributed by atoms with van der Waals surface area (Å²) in [5, 5.41) is 8.90. The maximum absolute atomic E-state index is 10.8. The van der Waals surface area contributed by atoms with E-state index in [-0.39, 0.29) is 18.8 Å². The zero-order valence-electron chi connectivity index (χ0n) is 18.6. The van der Waals surface area contributed by atoms with Gasteiger partial charge >= 0.3 is 5.97 Å². The summed E-state index contributed by atoms with van der Waals surface area (Å²) in [7, 11) is 0. The van der Waals surface area contributed by atoms with E-state index in [2.05, 4.69) is 41.7 Å². The molecule has 2 atom stereocenters. The van der Waals surface area contributed by atoms with Gasteiger partial charge in [-0.05, 0) is 66.6 Å². The van der Waals surface area contributed by atoms with Gasteiger partial charge in [-0.25, -0.2) is 4.79 Å². The lowest BCUT2D eigenvalue weighted by atomic mass is 9.86. The number of allylic oxidation sites excluding steroid dienone is 1. The molecule has 3 aromatic rings. The topological polar surface area (TPSA) is 80.7 Å². The van der Waals surface area contributed by atoms with Gasteiger partial charge in [0, 0.05) is 18.4 Å². The summed E-state index contributed by atoms with van der Waals surface area (Å²) in [5.74, 6) is -0.295. The molecule has 0 fully saturated rings. The van der Waals surface area contributed by atoms with Crippen LogP contribution in [-0.2, 0) is 22.5 Å². The van der Waals surface area contributed by atoms with Crippen LogP contribution in [0.4, 0.5) is 0 Å². The average Bonchev–Trinajstić information content (AvgIpc) is 2.84. The monoisotopic (exact) mass is 444 g/mol. The molecule has 0 aliphatic heterocycles. The van der Waals surface area contributed by atoms with Gasteiger partial charge in [0.1, 0.15) is 11.9 Å². The van der Waals surface area contributed by atoms with Crippen LogP contribution in [0.5, 0.6) is 5.75 Å². The third-order valence-corrected chi connectivity index (χ3v) is 5.66. The number of aromatic nitrogens is 1. The van der Waals surface area contributed by atoms with Gasteiger partial charge < -0.3 is 9.84 Å². The second-order valence-corrected chi connectivity index (χ2v) is 8.17. The Hall–Kier alpha value is -3.48. The van der Waals surface area contributed by atoms with Gasteiger partial charge in [-0.2, -0.15) is 5.48 Å². The SMILES string of the molecule is CC(C=C1CCc2c(cccc2OCC(=O)O)C1)NOC(c1ccccc1)c1ccncc1. The molecular formula is C27H28N2O4. The summed E-state index contributed by atoms with van der Waals surface area (Å²) in [6.45, 7) is 1.75. The molecule has 0 bridgehead atoms. The number of hydroxylamine groups is 1. The number of nitrogens with zero attached hydrogens (tertiary/aromatic N) is 1. The summed E-state index contributed by atoms with van der Waals surface area (Å²) < 4.78 is 5.48. The van der Waals surface area contributed by atoms with Gasteiger partial charge in [0.25, 0.3) is 0 Å². The molecule has 0 saturated carbocycles. The molecular weight excluding hydrogens is 416 g/mol. The zero-order valence-corrected chi connectivity index (χ0v) is 18.6. The number of ether oxygens (including phenoxy) is 1. The van der Waals surface area contributed by atoms with Gasteiger partial charge in [-0.1, -0.05) is 54.1 Å². The summed E-state index contributed by atoms with van der Waals surface area (Å²) in [6, 6.07) is 19.9. The first-order valence-corrected chi connectivity index (χ1v) is 11.1. The number of carboxylic acid groups (broad SMARTS) is 1. The van der Waals surface area contributed by atoms with Crippen molar-refractivity contribution in [2.45, 2.75) is 38.3 Å². The maximum atomic E-state index is 10.8. The van der Waals surface area contributed by atoms with Crippen molar-refractivity contribution in [3.63, 3.8) is 0 Å². The molecule has 2 unspecified atom stereocenters. The minimum absolute atomic E-state index is 0.0149. The van der Waals surface area contributed by atoms with Crippen LogP contribution in [0.2, 0.25) is 0 Å². The van der Waals surface area contributed by atoms with Gasteiger partial charge in [-0.15, -0.1) is 0 Å². The summed E-state index contributed by atoms with van der Waals surface area (Å²) in [5.41, 5.74) is 8.92. The Bertz CT molecular complexity index is 1060. The molecule has 1 heterocycles. The predicted octanol–water partition coefficient (Wildman–Crippen LogP) is 4.66. The van der Waals surface area contributed by atoms with E-state index in [0.717, 1.165) is 36.0 Å². The minimum atomic E-state index is -0.968. The van der Waals surface area contributed by atoms with Crippen molar-refractivity contribution in [2.75, 3.05) is 6.61 Å². The molecule has 0 radical (unpaired) electrons. The van der Waals surface area contributed by atoms with Crippen LogP contribution in [0.25, 0.3) is 0 Å². The average molecular weight is 445 g/mol. The molecule has 0 spiro atoms. The Morgan fingerprint density at radius 2 is 1.82 bits per heavy atom. The number of benzene rings is 2. The van der Waals surface area contributed by atoms with Crippen molar-refractivity contribution in [3.8, 4) is 5.75 Å². The number of carbonyl (C=O) groups is 1. The first kappa shape index (κ1) is 22.7. The summed E-state index contributed by atoms with van der Waals surface area (Å²) in [4.78, 5) is 21.1. The van der Waals surface area contributed by atoms with Crippen molar-refractivity contribution in [2.24, 2.45) is 0 Å². The molecule has 1 aliphatic carbocycles. The fourth-order valence-corrected chi connectivity index (χ4v) is 4.15. The second kappa shape index (κ2) is 10.9. The largest absolute Gasteiger partial charge is 0.482 e. The van der Waals surface area contributed by atoms with E-state index in [1.807, 2.05) is 42.5 Å². The molecule has 6 nitrogen and oxygen atoms in total. The molecule has 0 saturated heterocycles. The number of rotatable bonds is 9. The van der Waals surface area contributed by atoms with Crippen LogP contribution >= 0.6 is 0 Å². The van der Waals surface area contributed by atoms with E-state index in [1.165, 1.54) is 11.1 Å². The van der Waals surface area contributed by atoms with E-state index >= 15 is 0 Å². The van der Waals surface area contributed by atoms with Crippen molar-refractivity contribution in [1.29, 1.82) is 0 Å². The quantitative estimate of drug-likeness (QED) is 0.369. The molecule has 4 rings (SSSR count). The van der Waals surface area contributed by atoms with Crippen molar-refractivity contribution < 1.29 is 19.5 Å². The normalized spacial score (nSPS) is 16.1. The highest BCUT2D eigenvalue weighted by Crippen LogP contribution is 2.32. The van der Waals surface area contributed by atoms with E-state index in [4.69, 9.17) is 14.7 Å². The number of carboxylic acids is 1. The third kappa shape index (κ3) is 6.06. The zero-order chi connectivity index (χ0) is 23.0. The standard InChI is InChI=1S/C27H28N2O4/c1-19(29-33-27(21-6-3-2-4-7-21)22-12-14-28-15-13-22)16-20-10-11-24-23(17-20)8-5-9-25(24)32-18-26(30)31/h2-9,12-16,19,27,29H,10-11,17-18H2,1H3,(H,30,31). The highest BCUT2D eigenvalue weighted by molar-refractivity contribution is 5.68. The molecule has 0 amide bonds. The fraction of sp³-hybridized carbons (Fsp3) is 0.259. The molecule has 2 aromatic carbocycles. The third-order valence-electron chi connectivity index (χ3n) is 5.66. The van der Waals surface area contributed by atoms with E-state index in [0.29, 0.717) is 5.75 Å². The first-order chi connectivity index (χ1) is 16.1. The first-order valence-electron chi connectivity index (χ1n) is 11.1. The van der Waals surface area contributed by atoms with Gasteiger partial charge in [-0.3, -0.25) is 9.82 Å². The van der Waals surface area contributed by atoms with Crippen LogP contribution in [0, 0.1) is 0 Å². The molecule has 1 aliphatic rings. The van der Waals surface area contributed by atoms with Crippen molar-refractivity contribution in [3.05, 3.63) is 107 Å². The second-order valence-electron chi connectivity index (χ2n) is 8.17. The van der Waals surface area contributed by atoms with E-state index in [9.17, 15) is 4.79 Å². The highest BCUT2D eigenvalue weighted by atomic mass is 16.7. The number of fused-ring (bicyclic) bond motifs is 1. The highest BCUT2D eigenvalue weighted by Gasteiger charge is 2.19. The number of hydrogen-bond acceptors (Lipinski definition) is 5. The minimum Gasteiger partial charge on any atom is -0.482 e. The van der Waals surface area contributed by atoms with Gasteiger partial charge in [0.15, 0.2) is 6.61 Å². The molecule has 1 aromatic heterocycles. The number of pyridine rings is 1. The van der Waals surface area contributed by atoms with Crippen LogP contribution in [0.1, 0.15) is 41.7 Å². The number of hydrogen-bond donors (Lipinski definition) is 2. The van der Waals surface area contributed by atoms with Crippen LogP contribution in [-0.4, -0.2) is 28.7 Å². The molecule has 2 N–H and O–H groups in total. The lowest BCUT2D eigenvalue weighted by Crippen LogP contribution is -2.28. The van der Waals surface area contributed by atoms with Crippen LogP contribution in [0.3, 0.4) is 0 Å². The van der Waals surface area contributed by atoms with E-state index in [1.54, 1.807) is 12.4 Å². The van der Waals surface area contributed by atoms with Crippen LogP contribution < -0.4 is 10.2 Å². The van der Waals surface area contributed by atoms with Crippen molar-refractivity contribution in [1.82, 2.24) is 10.5 Å². The lowest BCUT2D eigenvalue weighted by Gasteiger charge is -2.24. The van der Waals surface area contributed by atoms with Gasteiger partial charge in [0.05, 0.1) is 0 Å². The Balaban J connectivity index is 1.42. The Labute approximate surface area is 193 Å². The Morgan fingerprint density at radius 1 is 1.06 bits per heavy atom. The fourth-order valence-electron chi connectivity index (χ4n) is 4.15. The smallest absolute Gasteiger partial charge is 0.341 e. The van der Waals surface area contributed by atoms with Crippen molar-refractivity contribution >= 4 is 5.97 Å². The maximum Gasteiger partial charge on any atom is 0.341 e. The summed E-state index contributed by atoms with van der Waals surface area (Å²) in [6.07, 6.45) is 8.06. The summed E-state index contributed by atoms with van der Waals surface area (Å²) >= 11 is 0. The van der Waals surface area contributed by atoms with E-state index < -0.39 is 5.97 Å². The lowest BCUT2D eigenvalue weighted by molar-refractivity contribution is -0.139. The molecule has 170 valence electrons. The molecule has 33 heavy (non-hydrogen) atoms. The number of nitrogens with one attached hydrogen (secondary N) is 1.